The van der Waals surface area contributed by atoms with E-state index in [0.29, 0.717) is 29.1 Å². The highest BCUT2D eigenvalue weighted by molar-refractivity contribution is 5.97. The van der Waals surface area contributed by atoms with Gasteiger partial charge in [-0.1, -0.05) is 6.42 Å². The van der Waals surface area contributed by atoms with E-state index in [-0.39, 0.29) is 11.9 Å². The first-order chi connectivity index (χ1) is 12.5. The normalized spacial score (nSPS) is 25.5. The lowest BCUT2D eigenvalue weighted by Crippen LogP contribution is -2.40. The molecule has 0 unspecified atom stereocenters. The number of carbonyl (C=O) groups excluding carboxylic acids is 1. The van der Waals surface area contributed by atoms with Gasteiger partial charge in [0, 0.05) is 18.2 Å². The fourth-order valence-electron chi connectivity index (χ4n) is 5.04. The van der Waals surface area contributed by atoms with Gasteiger partial charge in [0.1, 0.15) is 0 Å². The third-order valence-corrected chi connectivity index (χ3v) is 6.35. The zero-order valence-electron chi connectivity index (χ0n) is 15.2. The average Bonchev–Trinajstić information content (AvgIpc) is 3.26. The third-order valence-electron chi connectivity index (χ3n) is 6.35. The molecule has 2 bridgehead atoms. The Balaban J connectivity index is 1.58. The third kappa shape index (κ3) is 2.77. The van der Waals surface area contributed by atoms with Crippen LogP contribution < -0.4 is 16.4 Å². The van der Waals surface area contributed by atoms with E-state index < -0.39 is 11.1 Å². The topological polar surface area (TPSA) is 84.0 Å². The highest BCUT2D eigenvalue weighted by Crippen LogP contribution is 2.49. The van der Waals surface area contributed by atoms with Gasteiger partial charge in [-0.25, -0.2) is 0 Å². The summed E-state index contributed by atoms with van der Waals surface area (Å²) in [4.78, 5) is 39.0. The fraction of sp³-hybridized carbons (Fsp3) is 0.550. The van der Waals surface area contributed by atoms with Crippen LogP contribution >= 0.6 is 0 Å². The number of aromatic amines is 1. The molecule has 138 valence electrons. The number of nitrogens with zero attached hydrogens (tertiary/aromatic N) is 1. The quantitative estimate of drug-likeness (QED) is 0.825. The van der Waals surface area contributed by atoms with Crippen molar-refractivity contribution in [3.05, 3.63) is 44.5 Å². The van der Waals surface area contributed by atoms with E-state index >= 15 is 0 Å². The van der Waals surface area contributed by atoms with Crippen LogP contribution in [0.2, 0.25) is 0 Å². The van der Waals surface area contributed by atoms with E-state index in [2.05, 4.69) is 17.2 Å². The molecule has 0 spiro atoms. The summed E-state index contributed by atoms with van der Waals surface area (Å²) in [6.45, 7) is 4.32. The number of aryl methyl sites for hydroxylation is 1. The van der Waals surface area contributed by atoms with E-state index in [0.717, 1.165) is 11.8 Å². The van der Waals surface area contributed by atoms with Crippen LogP contribution in [0.3, 0.4) is 0 Å². The lowest BCUT2D eigenvalue weighted by molar-refractivity contribution is 0.0915. The number of nitrogens with one attached hydrogen (secondary N) is 2. The standard InChI is InChI=1S/C20H25N3O3/c1-3-23-17-7-6-14(10-16(17)22-19(25)20(23)26)18(24)21-11(2)15-9-12-4-5-13(15)8-12/h6-7,10-13,15H,3-5,8-9H2,1-2H3,(H,21,24)(H,22,25)/t11-,12+,13+,15-/m1/s1. The molecule has 1 heterocycles. The Kier molecular flexibility index (Phi) is 4.21. The summed E-state index contributed by atoms with van der Waals surface area (Å²) in [6.07, 6.45) is 5.18. The summed E-state index contributed by atoms with van der Waals surface area (Å²) in [5, 5.41) is 3.14. The molecule has 2 N–H and O–H groups in total. The van der Waals surface area contributed by atoms with Gasteiger partial charge in [0.2, 0.25) is 0 Å². The summed E-state index contributed by atoms with van der Waals surface area (Å²) >= 11 is 0. The minimum Gasteiger partial charge on any atom is -0.349 e. The molecule has 4 rings (SSSR count). The number of carbonyl (C=O) groups is 1. The maximum absolute atomic E-state index is 12.7. The van der Waals surface area contributed by atoms with Crippen LogP contribution in [0, 0.1) is 17.8 Å². The SMILES string of the molecule is CCn1c(=O)c(=O)[nH]c2cc(C(=O)N[C@H](C)[C@H]3C[C@H]4CC[C@H]3C4)ccc21. The summed E-state index contributed by atoms with van der Waals surface area (Å²) in [5.74, 6) is 2.05. The Morgan fingerprint density at radius 2 is 2.12 bits per heavy atom. The second kappa shape index (κ2) is 6.41. The largest absolute Gasteiger partial charge is 0.349 e. The van der Waals surface area contributed by atoms with Gasteiger partial charge < -0.3 is 14.9 Å². The van der Waals surface area contributed by atoms with Crippen molar-refractivity contribution in [3.8, 4) is 0 Å². The van der Waals surface area contributed by atoms with Gasteiger partial charge in [0.25, 0.3) is 5.91 Å². The Bertz CT molecular complexity index is 974. The van der Waals surface area contributed by atoms with E-state index in [1.807, 2.05) is 6.92 Å². The Hall–Kier alpha value is -2.37. The van der Waals surface area contributed by atoms with Crippen LogP contribution in [-0.4, -0.2) is 21.5 Å². The maximum Gasteiger partial charge on any atom is 0.316 e. The van der Waals surface area contributed by atoms with Crippen LogP contribution in [0.25, 0.3) is 11.0 Å². The minimum absolute atomic E-state index is 0.128. The zero-order valence-corrected chi connectivity index (χ0v) is 15.2. The molecule has 0 radical (unpaired) electrons. The van der Waals surface area contributed by atoms with Crippen molar-refractivity contribution in [1.29, 1.82) is 0 Å². The first kappa shape index (κ1) is 17.1. The van der Waals surface area contributed by atoms with E-state index in [9.17, 15) is 14.4 Å². The van der Waals surface area contributed by atoms with Gasteiger partial charge in [0.15, 0.2) is 0 Å². The lowest BCUT2D eigenvalue weighted by atomic mass is 9.84. The Morgan fingerprint density at radius 3 is 2.77 bits per heavy atom. The summed E-state index contributed by atoms with van der Waals surface area (Å²) < 4.78 is 1.42. The first-order valence-corrected chi connectivity index (χ1v) is 9.55. The molecule has 6 nitrogen and oxygen atoms in total. The van der Waals surface area contributed by atoms with Crippen LogP contribution in [-0.2, 0) is 6.54 Å². The minimum atomic E-state index is -0.660. The van der Waals surface area contributed by atoms with E-state index in [4.69, 9.17) is 0 Å². The molecule has 4 atom stereocenters. The fourth-order valence-corrected chi connectivity index (χ4v) is 5.04. The predicted molar refractivity (Wildman–Crippen MR) is 100 cm³/mol. The predicted octanol–water partition coefficient (Wildman–Crippen LogP) is 2.26. The average molecular weight is 355 g/mol. The molecular weight excluding hydrogens is 330 g/mol. The van der Waals surface area contributed by atoms with Gasteiger partial charge in [-0.05, 0) is 69.1 Å². The molecular formula is C20H25N3O3. The van der Waals surface area contributed by atoms with Gasteiger partial charge in [-0.2, -0.15) is 0 Å². The smallest absolute Gasteiger partial charge is 0.316 e. The molecule has 2 aromatic rings. The monoisotopic (exact) mass is 355 g/mol. The van der Waals surface area contributed by atoms with E-state index in [1.165, 1.54) is 30.3 Å². The van der Waals surface area contributed by atoms with Crippen molar-refractivity contribution in [1.82, 2.24) is 14.9 Å². The highest BCUT2D eigenvalue weighted by atomic mass is 16.2. The summed E-state index contributed by atoms with van der Waals surface area (Å²) in [6, 6.07) is 5.25. The molecule has 0 aliphatic heterocycles. The van der Waals surface area contributed by atoms with Crippen molar-refractivity contribution in [2.24, 2.45) is 17.8 Å². The number of benzene rings is 1. The van der Waals surface area contributed by atoms with Gasteiger partial charge >= 0.3 is 11.1 Å². The van der Waals surface area contributed by atoms with Crippen molar-refractivity contribution in [3.63, 3.8) is 0 Å². The van der Waals surface area contributed by atoms with Crippen LogP contribution in [0.5, 0.6) is 0 Å². The van der Waals surface area contributed by atoms with Gasteiger partial charge in [-0.3, -0.25) is 14.4 Å². The second-order valence-corrected chi connectivity index (χ2v) is 7.84. The van der Waals surface area contributed by atoms with E-state index in [1.54, 1.807) is 18.2 Å². The molecule has 26 heavy (non-hydrogen) atoms. The first-order valence-electron chi connectivity index (χ1n) is 9.55. The van der Waals surface area contributed by atoms with Crippen LogP contribution in [0.15, 0.2) is 27.8 Å². The second-order valence-electron chi connectivity index (χ2n) is 7.84. The molecule has 1 aromatic carbocycles. The van der Waals surface area contributed by atoms with Crippen molar-refractivity contribution in [2.45, 2.75) is 52.1 Å². The molecule has 2 aliphatic rings. The molecule has 2 saturated carbocycles. The van der Waals surface area contributed by atoms with Crippen LogP contribution in [0.4, 0.5) is 0 Å². The summed E-state index contributed by atoms with van der Waals surface area (Å²) in [5.41, 5.74) is 0.422. The van der Waals surface area contributed by atoms with Crippen molar-refractivity contribution in [2.75, 3.05) is 0 Å². The number of aromatic nitrogens is 2. The van der Waals surface area contributed by atoms with Gasteiger partial charge in [0.05, 0.1) is 11.0 Å². The molecule has 1 amide bonds. The Labute approximate surface area is 151 Å². The number of hydrogen-bond donors (Lipinski definition) is 2. The number of H-pyrrole nitrogens is 1. The van der Waals surface area contributed by atoms with Crippen molar-refractivity contribution >= 4 is 16.9 Å². The highest BCUT2D eigenvalue weighted by Gasteiger charge is 2.42. The van der Waals surface area contributed by atoms with Gasteiger partial charge in [-0.15, -0.1) is 0 Å². The molecule has 2 fully saturated rings. The van der Waals surface area contributed by atoms with Crippen molar-refractivity contribution < 1.29 is 4.79 Å². The number of hydrogen-bond acceptors (Lipinski definition) is 3. The number of fused-ring (bicyclic) bond motifs is 3. The Morgan fingerprint density at radius 1 is 1.31 bits per heavy atom. The summed E-state index contributed by atoms with van der Waals surface area (Å²) in [7, 11) is 0. The lowest BCUT2D eigenvalue weighted by Gasteiger charge is -2.28. The molecule has 6 heteroatoms. The molecule has 1 aromatic heterocycles. The molecule has 2 aliphatic carbocycles. The van der Waals surface area contributed by atoms with Crippen LogP contribution in [0.1, 0.15) is 49.9 Å². The number of rotatable bonds is 4. The maximum atomic E-state index is 12.7. The molecule has 0 saturated heterocycles. The number of amides is 1. The zero-order chi connectivity index (χ0) is 18.4.